The summed E-state index contributed by atoms with van der Waals surface area (Å²) >= 11 is 0. The molecule has 0 aromatic heterocycles. The van der Waals surface area contributed by atoms with Crippen LogP contribution in [0.15, 0.2) is 30.3 Å². The maximum atomic E-state index is 12.5. The van der Waals surface area contributed by atoms with E-state index in [9.17, 15) is 9.59 Å². The normalized spacial score (nSPS) is 12.0. The Labute approximate surface area is 161 Å². The zero-order chi connectivity index (χ0) is 20.1. The van der Waals surface area contributed by atoms with Crippen molar-refractivity contribution in [3.8, 4) is 28.7 Å². The van der Waals surface area contributed by atoms with Crippen LogP contribution >= 0.6 is 0 Å². The molecule has 9 nitrogen and oxygen atoms in total. The number of hydrogen-bond donors (Lipinski definition) is 2. The summed E-state index contributed by atoms with van der Waals surface area (Å²) in [6.07, 6.45) is 0. The van der Waals surface area contributed by atoms with Gasteiger partial charge >= 0.3 is 0 Å². The van der Waals surface area contributed by atoms with Crippen molar-refractivity contribution >= 4 is 11.8 Å². The average Bonchev–Trinajstić information content (AvgIpc) is 2.75. The van der Waals surface area contributed by atoms with Crippen molar-refractivity contribution in [3.63, 3.8) is 0 Å². The van der Waals surface area contributed by atoms with Crippen LogP contribution in [0, 0.1) is 0 Å². The second kappa shape index (κ2) is 8.38. The lowest BCUT2D eigenvalue weighted by Crippen LogP contribution is -2.41. The molecule has 1 heterocycles. The Morgan fingerprint density at radius 3 is 1.93 bits per heavy atom. The number of methoxy groups -OCH3 is 3. The number of carbonyl (C=O) groups excluding carboxylic acids is 2. The van der Waals surface area contributed by atoms with E-state index in [4.69, 9.17) is 23.7 Å². The van der Waals surface area contributed by atoms with Gasteiger partial charge in [-0.25, -0.2) is 0 Å². The molecule has 0 radical (unpaired) electrons. The Morgan fingerprint density at radius 1 is 0.786 bits per heavy atom. The molecule has 0 bridgehead atoms. The van der Waals surface area contributed by atoms with Crippen LogP contribution in [-0.2, 0) is 0 Å². The first-order valence-corrected chi connectivity index (χ1v) is 8.37. The fourth-order valence-electron chi connectivity index (χ4n) is 2.60. The Kier molecular flexibility index (Phi) is 5.73. The van der Waals surface area contributed by atoms with Crippen molar-refractivity contribution in [2.45, 2.75) is 0 Å². The molecule has 3 rings (SSSR count). The number of nitrogens with one attached hydrogen (secondary N) is 2. The molecule has 0 saturated carbocycles. The second-order valence-electron chi connectivity index (χ2n) is 5.71. The lowest BCUT2D eigenvalue weighted by atomic mass is 10.1. The second-order valence-corrected chi connectivity index (χ2v) is 5.71. The minimum atomic E-state index is -0.543. The standard InChI is InChI=1S/C19H20N2O7/c1-24-13-6-11(7-14(10-13)25-2)18(22)20-21-19(23)12-8-15(26-3)17-16(9-12)27-4-5-28-17/h6-10H,4-5H2,1-3H3,(H,20,22)(H,21,23). The number of fused-ring (bicyclic) bond motifs is 1. The van der Waals surface area contributed by atoms with Crippen LogP contribution in [0.1, 0.15) is 20.7 Å². The molecule has 2 N–H and O–H groups in total. The van der Waals surface area contributed by atoms with Crippen LogP contribution in [0.3, 0.4) is 0 Å². The van der Waals surface area contributed by atoms with E-state index in [1.165, 1.54) is 45.6 Å². The number of ether oxygens (including phenoxy) is 5. The molecule has 1 aliphatic heterocycles. The highest BCUT2D eigenvalue weighted by atomic mass is 16.6. The first-order chi connectivity index (χ1) is 13.5. The number of rotatable bonds is 5. The molecule has 0 saturated heterocycles. The van der Waals surface area contributed by atoms with Gasteiger partial charge in [0.2, 0.25) is 5.75 Å². The van der Waals surface area contributed by atoms with Crippen LogP contribution in [0.5, 0.6) is 28.7 Å². The van der Waals surface area contributed by atoms with Gasteiger partial charge in [0.1, 0.15) is 24.7 Å². The van der Waals surface area contributed by atoms with Crippen molar-refractivity contribution in [1.82, 2.24) is 10.9 Å². The van der Waals surface area contributed by atoms with E-state index in [1.54, 1.807) is 6.07 Å². The molecular weight excluding hydrogens is 368 g/mol. The summed E-state index contributed by atoms with van der Waals surface area (Å²) in [4.78, 5) is 24.8. The molecule has 9 heteroatoms. The smallest absolute Gasteiger partial charge is 0.269 e. The summed E-state index contributed by atoms with van der Waals surface area (Å²) in [5.41, 5.74) is 5.21. The third-order valence-electron chi connectivity index (χ3n) is 3.99. The first-order valence-electron chi connectivity index (χ1n) is 8.37. The Hall–Kier alpha value is -3.62. The van der Waals surface area contributed by atoms with Crippen molar-refractivity contribution < 1.29 is 33.3 Å². The third-order valence-corrected chi connectivity index (χ3v) is 3.99. The van der Waals surface area contributed by atoms with Crippen LogP contribution in [0.2, 0.25) is 0 Å². The summed E-state index contributed by atoms with van der Waals surface area (Å²) in [5, 5.41) is 0. The zero-order valence-electron chi connectivity index (χ0n) is 15.7. The molecular formula is C19H20N2O7. The number of benzene rings is 2. The maximum absolute atomic E-state index is 12.5. The fraction of sp³-hybridized carbons (Fsp3) is 0.263. The lowest BCUT2D eigenvalue weighted by molar-refractivity contribution is 0.0845. The average molecular weight is 388 g/mol. The number of amides is 2. The van der Waals surface area contributed by atoms with E-state index in [-0.39, 0.29) is 11.1 Å². The molecule has 2 aromatic rings. The minimum Gasteiger partial charge on any atom is -0.497 e. The predicted octanol–water partition coefficient (Wildman–Crippen LogP) is 1.56. The number of hydrazine groups is 1. The molecule has 1 aliphatic rings. The van der Waals surface area contributed by atoms with Crippen molar-refractivity contribution in [2.75, 3.05) is 34.5 Å². The largest absolute Gasteiger partial charge is 0.497 e. The van der Waals surface area contributed by atoms with E-state index >= 15 is 0 Å². The summed E-state index contributed by atoms with van der Waals surface area (Å²) < 4.78 is 26.5. The molecule has 0 fully saturated rings. The van der Waals surface area contributed by atoms with Gasteiger partial charge in [-0.15, -0.1) is 0 Å². The highest BCUT2D eigenvalue weighted by Crippen LogP contribution is 2.40. The topological polar surface area (TPSA) is 104 Å². The van der Waals surface area contributed by atoms with Crippen LogP contribution in [-0.4, -0.2) is 46.4 Å². The van der Waals surface area contributed by atoms with Crippen LogP contribution in [0.4, 0.5) is 0 Å². The predicted molar refractivity (Wildman–Crippen MR) is 98.5 cm³/mol. The van der Waals surface area contributed by atoms with Gasteiger partial charge in [-0.2, -0.15) is 0 Å². The van der Waals surface area contributed by atoms with Gasteiger partial charge in [-0.1, -0.05) is 0 Å². The molecule has 0 spiro atoms. The van der Waals surface area contributed by atoms with E-state index in [0.717, 1.165) is 0 Å². The Bertz CT molecular complexity index is 859. The quantitative estimate of drug-likeness (QED) is 0.749. The third kappa shape index (κ3) is 4.03. The van der Waals surface area contributed by atoms with Gasteiger partial charge in [0.15, 0.2) is 11.5 Å². The van der Waals surface area contributed by atoms with Gasteiger partial charge in [0.25, 0.3) is 11.8 Å². The van der Waals surface area contributed by atoms with Crippen molar-refractivity contribution in [2.24, 2.45) is 0 Å². The Morgan fingerprint density at radius 2 is 1.36 bits per heavy atom. The molecule has 148 valence electrons. The van der Waals surface area contributed by atoms with E-state index < -0.39 is 11.8 Å². The molecule has 0 atom stereocenters. The van der Waals surface area contributed by atoms with Crippen LogP contribution in [0.25, 0.3) is 0 Å². The number of hydrogen-bond acceptors (Lipinski definition) is 7. The molecule has 0 aliphatic carbocycles. The maximum Gasteiger partial charge on any atom is 0.269 e. The summed E-state index contributed by atoms with van der Waals surface area (Å²) in [6, 6.07) is 7.71. The van der Waals surface area contributed by atoms with Gasteiger partial charge in [-0.3, -0.25) is 20.4 Å². The highest BCUT2D eigenvalue weighted by Gasteiger charge is 2.21. The minimum absolute atomic E-state index is 0.240. The van der Waals surface area contributed by atoms with Gasteiger partial charge in [-0.05, 0) is 24.3 Å². The van der Waals surface area contributed by atoms with Crippen molar-refractivity contribution in [1.29, 1.82) is 0 Å². The van der Waals surface area contributed by atoms with Gasteiger partial charge in [0.05, 0.1) is 21.3 Å². The lowest BCUT2D eigenvalue weighted by Gasteiger charge is -2.21. The highest BCUT2D eigenvalue weighted by molar-refractivity contribution is 6.00. The van der Waals surface area contributed by atoms with E-state index in [2.05, 4.69) is 10.9 Å². The van der Waals surface area contributed by atoms with E-state index in [1.807, 2.05) is 0 Å². The first kappa shape index (κ1) is 19.2. The zero-order valence-corrected chi connectivity index (χ0v) is 15.7. The fourth-order valence-corrected chi connectivity index (χ4v) is 2.60. The summed E-state index contributed by atoms with van der Waals surface area (Å²) in [5.74, 6) is 1.04. The number of carbonyl (C=O) groups is 2. The molecule has 2 amide bonds. The van der Waals surface area contributed by atoms with Gasteiger partial charge in [0, 0.05) is 17.2 Å². The summed E-state index contributed by atoms with van der Waals surface area (Å²) in [7, 11) is 4.42. The summed E-state index contributed by atoms with van der Waals surface area (Å²) in [6.45, 7) is 0.768. The molecule has 2 aromatic carbocycles. The molecule has 28 heavy (non-hydrogen) atoms. The van der Waals surface area contributed by atoms with E-state index in [0.29, 0.717) is 42.0 Å². The van der Waals surface area contributed by atoms with Gasteiger partial charge < -0.3 is 23.7 Å². The Balaban J connectivity index is 1.73. The monoisotopic (exact) mass is 388 g/mol. The molecule has 0 unspecified atom stereocenters. The SMILES string of the molecule is COc1cc(OC)cc(C(=O)NNC(=O)c2cc(OC)c3c(c2)OCCO3)c1. The van der Waals surface area contributed by atoms with Crippen molar-refractivity contribution in [3.05, 3.63) is 41.5 Å². The van der Waals surface area contributed by atoms with Crippen LogP contribution < -0.4 is 34.5 Å².